The maximum Gasteiger partial charge on any atom is 0.276 e. The van der Waals surface area contributed by atoms with E-state index in [0.717, 1.165) is 29.4 Å². The highest BCUT2D eigenvalue weighted by molar-refractivity contribution is 5.93. The Balaban J connectivity index is 1.10. The molecule has 10 nitrogen and oxygen atoms in total. The predicted molar refractivity (Wildman–Crippen MR) is 135 cm³/mol. The summed E-state index contributed by atoms with van der Waals surface area (Å²) in [5, 5.41) is 5.35. The number of carbonyl (C=O) groups is 3. The molecule has 4 heterocycles. The van der Waals surface area contributed by atoms with Gasteiger partial charge in [0.25, 0.3) is 5.91 Å². The number of benzene rings is 1. The van der Waals surface area contributed by atoms with Crippen molar-refractivity contribution in [3.8, 4) is 0 Å². The van der Waals surface area contributed by atoms with E-state index in [9.17, 15) is 14.4 Å². The van der Waals surface area contributed by atoms with Gasteiger partial charge in [0, 0.05) is 50.3 Å². The Hall–Kier alpha value is -3.53. The van der Waals surface area contributed by atoms with E-state index in [1.807, 2.05) is 36.1 Å². The molecule has 2 aliphatic heterocycles. The minimum atomic E-state index is -0.115. The first-order chi connectivity index (χ1) is 17.9. The lowest BCUT2D eigenvalue weighted by molar-refractivity contribution is -0.132. The van der Waals surface area contributed by atoms with Crippen LogP contribution in [0.5, 0.6) is 0 Å². The summed E-state index contributed by atoms with van der Waals surface area (Å²) in [5.74, 6) is 1.03. The number of aromatic nitrogens is 3. The molecule has 3 aromatic rings. The molecule has 0 radical (unpaired) electrons. The SMILES string of the molecule is Cc1oc(C2CCN(C(=O)CCCC(=O)n3nc(C)c4ccccc43)CC2)nc1C(=O)N1CCOCC1. The van der Waals surface area contributed by atoms with Gasteiger partial charge in [0.2, 0.25) is 11.8 Å². The maximum atomic E-state index is 12.8. The number of hydrogen-bond donors (Lipinski definition) is 0. The van der Waals surface area contributed by atoms with E-state index in [0.29, 0.717) is 69.6 Å². The highest BCUT2D eigenvalue weighted by Crippen LogP contribution is 2.30. The van der Waals surface area contributed by atoms with E-state index in [4.69, 9.17) is 9.15 Å². The van der Waals surface area contributed by atoms with Crippen LogP contribution in [0, 0.1) is 13.8 Å². The average Bonchev–Trinajstić information content (AvgIpc) is 3.49. The Labute approximate surface area is 215 Å². The molecule has 0 aliphatic carbocycles. The zero-order valence-electron chi connectivity index (χ0n) is 21.4. The van der Waals surface area contributed by atoms with Crippen molar-refractivity contribution >= 4 is 28.6 Å². The number of likely N-dealkylation sites (tertiary alicyclic amines) is 1. The molecule has 2 amide bonds. The van der Waals surface area contributed by atoms with Crippen LogP contribution < -0.4 is 0 Å². The fraction of sp³-hybridized carbons (Fsp3) is 0.519. The van der Waals surface area contributed by atoms with Crippen LogP contribution in [0.1, 0.15) is 70.6 Å². The smallest absolute Gasteiger partial charge is 0.276 e. The number of ether oxygens (including phenoxy) is 1. The number of rotatable bonds is 6. The number of aryl methyl sites for hydroxylation is 2. The van der Waals surface area contributed by atoms with Crippen LogP contribution in [0.2, 0.25) is 0 Å². The second kappa shape index (κ2) is 10.8. The van der Waals surface area contributed by atoms with Crippen LogP contribution in [0.15, 0.2) is 28.7 Å². The topological polar surface area (TPSA) is 111 Å². The van der Waals surface area contributed by atoms with Gasteiger partial charge in [0.15, 0.2) is 11.6 Å². The molecule has 5 rings (SSSR count). The molecular formula is C27H33N5O5. The fourth-order valence-corrected chi connectivity index (χ4v) is 5.15. The summed E-state index contributed by atoms with van der Waals surface area (Å²) in [5.41, 5.74) is 2.00. The van der Waals surface area contributed by atoms with Gasteiger partial charge in [0.05, 0.1) is 24.4 Å². The van der Waals surface area contributed by atoms with E-state index in [-0.39, 0.29) is 30.1 Å². The van der Waals surface area contributed by atoms with Crippen molar-refractivity contribution in [1.82, 2.24) is 24.6 Å². The molecule has 2 aliphatic rings. The summed E-state index contributed by atoms with van der Waals surface area (Å²) in [7, 11) is 0. The van der Waals surface area contributed by atoms with Crippen LogP contribution in [-0.2, 0) is 9.53 Å². The van der Waals surface area contributed by atoms with E-state index in [1.54, 1.807) is 11.8 Å². The zero-order valence-corrected chi connectivity index (χ0v) is 21.4. The lowest BCUT2D eigenvalue weighted by Crippen LogP contribution is -2.41. The standard InChI is InChI=1S/C27H33N5O5/c1-18-21-6-3-4-7-22(21)32(29-18)24(34)9-5-8-23(33)30-12-10-20(11-13-30)26-28-25(19(2)37-26)27(35)31-14-16-36-17-15-31/h3-4,6-7,20H,5,8-17H2,1-2H3. The van der Waals surface area contributed by atoms with Gasteiger partial charge in [-0.1, -0.05) is 18.2 Å². The number of para-hydroxylation sites is 1. The molecule has 0 N–H and O–H groups in total. The third-order valence-electron chi connectivity index (χ3n) is 7.30. The average molecular weight is 508 g/mol. The van der Waals surface area contributed by atoms with Crippen molar-refractivity contribution in [3.63, 3.8) is 0 Å². The molecule has 37 heavy (non-hydrogen) atoms. The van der Waals surface area contributed by atoms with Crippen LogP contribution in [0.4, 0.5) is 0 Å². The summed E-state index contributed by atoms with van der Waals surface area (Å²) in [6.07, 6.45) is 2.53. The van der Waals surface area contributed by atoms with Gasteiger partial charge in [0.1, 0.15) is 5.76 Å². The number of piperidine rings is 1. The Morgan fingerprint density at radius 3 is 2.41 bits per heavy atom. The Morgan fingerprint density at radius 1 is 0.946 bits per heavy atom. The second-order valence-electron chi connectivity index (χ2n) is 9.78. The van der Waals surface area contributed by atoms with E-state index < -0.39 is 0 Å². The van der Waals surface area contributed by atoms with Crippen LogP contribution in [-0.4, -0.2) is 81.7 Å². The lowest BCUT2D eigenvalue weighted by atomic mass is 9.96. The molecule has 196 valence electrons. The molecule has 0 bridgehead atoms. The predicted octanol–water partition coefficient (Wildman–Crippen LogP) is 3.33. The van der Waals surface area contributed by atoms with Gasteiger partial charge in [-0.05, 0) is 39.2 Å². The van der Waals surface area contributed by atoms with Crippen molar-refractivity contribution in [2.24, 2.45) is 0 Å². The highest BCUT2D eigenvalue weighted by atomic mass is 16.5. The summed E-state index contributed by atoms with van der Waals surface area (Å²) in [4.78, 5) is 46.5. The monoisotopic (exact) mass is 507 g/mol. The van der Waals surface area contributed by atoms with E-state index in [2.05, 4.69) is 10.1 Å². The van der Waals surface area contributed by atoms with Gasteiger partial charge in [-0.25, -0.2) is 4.98 Å². The third kappa shape index (κ3) is 5.29. The van der Waals surface area contributed by atoms with Crippen LogP contribution in [0.25, 0.3) is 10.9 Å². The van der Waals surface area contributed by atoms with Gasteiger partial charge in [-0.15, -0.1) is 0 Å². The Morgan fingerprint density at radius 2 is 1.65 bits per heavy atom. The molecule has 2 saturated heterocycles. The minimum absolute atomic E-state index is 0.0551. The summed E-state index contributed by atoms with van der Waals surface area (Å²) < 4.78 is 12.7. The minimum Gasteiger partial charge on any atom is -0.445 e. The molecule has 0 unspecified atom stereocenters. The quantitative estimate of drug-likeness (QED) is 0.503. The first-order valence-electron chi connectivity index (χ1n) is 13.0. The highest BCUT2D eigenvalue weighted by Gasteiger charge is 2.30. The fourth-order valence-electron chi connectivity index (χ4n) is 5.15. The van der Waals surface area contributed by atoms with Gasteiger partial charge in [-0.2, -0.15) is 9.78 Å². The largest absolute Gasteiger partial charge is 0.445 e. The summed E-state index contributed by atoms with van der Waals surface area (Å²) in [6, 6.07) is 7.67. The van der Waals surface area contributed by atoms with E-state index in [1.165, 1.54) is 4.68 Å². The molecule has 0 atom stereocenters. The third-order valence-corrected chi connectivity index (χ3v) is 7.30. The molecule has 10 heteroatoms. The number of nitrogens with zero attached hydrogens (tertiary/aromatic N) is 5. The first kappa shape index (κ1) is 25.1. The molecule has 0 spiro atoms. The summed E-state index contributed by atoms with van der Waals surface area (Å²) >= 11 is 0. The number of carbonyl (C=O) groups excluding carboxylic acids is 3. The number of oxazole rings is 1. The number of hydrogen-bond acceptors (Lipinski definition) is 7. The zero-order chi connectivity index (χ0) is 25.9. The van der Waals surface area contributed by atoms with Gasteiger partial charge >= 0.3 is 0 Å². The normalized spacial score (nSPS) is 16.9. The Kier molecular flexibility index (Phi) is 7.36. The van der Waals surface area contributed by atoms with Gasteiger partial charge in [-0.3, -0.25) is 14.4 Å². The molecule has 0 saturated carbocycles. The molecule has 1 aromatic carbocycles. The molecule has 2 fully saturated rings. The van der Waals surface area contributed by atoms with Crippen LogP contribution >= 0.6 is 0 Å². The maximum absolute atomic E-state index is 12.8. The molecular weight excluding hydrogens is 474 g/mol. The van der Waals surface area contributed by atoms with Crippen molar-refractivity contribution in [1.29, 1.82) is 0 Å². The first-order valence-corrected chi connectivity index (χ1v) is 13.0. The van der Waals surface area contributed by atoms with Crippen LogP contribution in [0.3, 0.4) is 0 Å². The lowest BCUT2D eigenvalue weighted by Gasteiger charge is -2.30. The Bertz CT molecular complexity index is 1300. The number of morpholine rings is 1. The van der Waals surface area contributed by atoms with E-state index >= 15 is 0 Å². The summed E-state index contributed by atoms with van der Waals surface area (Å²) in [6.45, 7) is 7.07. The number of fused-ring (bicyclic) bond motifs is 1. The van der Waals surface area contributed by atoms with Crippen molar-refractivity contribution in [3.05, 3.63) is 47.3 Å². The van der Waals surface area contributed by atoms with Gasteiger partial charge < -0.3 is 19.0 Å². The number of amides is 2. The van der Waals surface area contributed by atoms with Crippen molar-refractivity contribution in [2.75, 3.05) is 39.4 Å². The molecule has 2 aromatic heterocycles. The second-order valence-corrected chi connectivity index (χ2v) is 9.78. The van der Waals surface area contributed by atoms with Crippen molar-refractivity contribution in [2.45, 2.75) is 51.9 Å². The van der Waals surface area contributed by atoms with Crippen molar-refractivity contribution < 1.29 is 23.5 Å².